The average molecular weight is 557 g/mol. The third-order valence-electron chi connectivity index (χ3n) is 6.61. The first kappa shape index (κ1) is 28.4. The molecule has 1 atom stereocenters. The number of ether oxygens (including phenoxy) is 3. The van der Waals surface area contributed by atoms with Gasteiger partial charge in [-0.3, -0.25) is 0 Å². The summed E-state index contributed by atoms with van der Waals surface area (Å²) in [4.78, 5) is 11.6. The van der Waals surface area contributed by atoms with E-state index in [9.17, 15) is 0 Å². The monoisotopic (exact) mass is 556 g/mol. The Balaban J connectivity index is 0.00000370. The van der Waals surface area contributed by atoms with Crippen molar-refractivity contribution in [3.8, 4) is 46.9 Å². The Kier molecular flexibility index (Phi) is 8.55. The van der Waals surface area contributed by atoms with E-state index in [1.165, 1.54) is 0 Å². The quantitative estimate of drug-likeness (QED) is 0.189. The fourth-order valence-electron chi connectivity index (χ4n) is 4.59. The topological polar surface area (TPSA) is 92.1 Å². The third kappa shape index (κ3) is 5.28. The maximum Gasteiger partial charge on any atom is 0.212 e. The van der Waals surface area contributed by atoms with Crippen molar-refractivity contribution in [2.24, 2.45) is 5.16 Å². The van der Waals surface area contributed by atoms with Crippen molar-refractivity contribution in [2.45, 2.75) is 6.10 Å². The van der Waals surface area contributed by atoms with Crippen LogP contribution in [-0.2, 0) is 4.84 Å². The minimum absolute atomic E-state index is 0. The molecule has 1 aliphatic carbocycles. The molecule has 1 N–H and O–H groups in total. The van der Waals surface area contributed by atoms with Gasteiger partial charge in [0.15, 0.2) is 11.5 Å². The number of methoxy groups -OCH3 is 2. The van der Waals surface area contributed by atoms with Gasteiger partial charge in [0.05, 0.1) is 31.5 Å². The summed E-state index contributed by atoms with van der Waals surface area (Å²) in [6, 6.07) is 18.8. The number of likely N-dealkylation sites (N-methyl/N-ethyl adjacent to an activating group) is 1. The average Bonchev–Trinajstić information content (AvgIpc) is 3.46. The van der Waals surface area contributed by atoms with Gasteiger partial charge in [-0.1, -0.05) is 23.2 Å². The summed E-state index contributed by atoms with van der Waals surface area (Å²) in [5.41, 5.74) is 6.33. The molecule has 204 valence electrons. The van der Waals surface area contributed by atoms with E-state index >= 15 is 0 Å². The molecule has 0 saturated carbocycles. The molecule has 3 aromatic carbocycles. The van der Waals surface area contributed by atoms with Gasteiger partial charge in [-0.05, 0) is 56.6 Å². The lowest BCUT2D eigenvalue weighted by atomic mass is 10.1. The van der Waals surface area contributed by atoms with Crippen molar-refractivity contribution in [3.05, 3.63) is 76.9 Å². The van der Waals surface area contributed by atoms with Gasteiger partial charge < -0.3 is 28.9 Å². The van der Waals surface area contributed by atoms with E-state index in [2.05, 4.69) is 27.0 Å². The number of halogens is 1. The van der Waals surface area contributed by atoms with Crippen molar-refractivity contribution in [3.63, 3.8) is 0 Å². The van der Waals surface area contributed by atoms with Gasteiger partial charge in [0.1, 0.15) is 18.1 Å². The SMILES string of the molecule is C#CC(O/N=C1/c2cc(OC)c(OC)cc2-c2[nH]c3ccc(OCCN(C)C)cc3c21)c1ccc(C#N)cc1.Cl. The van der Waals surface area contributed by atoms with Gasteiger partial charge in [-0.2, -0.15) is 5.26 Å². The maximum absolute atomic E-state index is 9.12. The van der Waals surface area contributed by atoms with E-state index in [1.54, 1.807) is 38.5 Å². The zero-order valence-electron chi connectivity index (χ0n) is 22.6. The number of hydrogen-bond donors (Lipinski definition) is 1. The van der Waals surface area contributed by atoms with Crippen molar-refractivity contribution in [2.75, 3.05) is 41.5 Å². The lowest BCUT2D eigenvalue weighted by molar-refractivity contribution is 0.100. The summed E-state index contributed by atoms with van der Waals surface area (Å²) in [5, 5.41) is 14.7. The van der Waals surface area contributed by atoms with E-state index < -0.39 is 6.10 Å². The summed E-state index contributed by atoms with van der Waals surface area (Å²) >= 11 is 0. The van der Waals surface area contributed by atoms with Crippen molar-refractivity contribution in [1.82, 2.24) is 9.88 Å². The molecule has 0 radical (unpaired) electrons. The highest BCUT2D eigenvalue weighted by Gasteiger charge is 2.32. The Morgan fingerprint density at radius 1 is 1.00 bits per heavy atom. The predicted molar refractivity (Wildman–Crippen MR) is 158 cm³/mol. The Hall–Kier alpha value is -4.63. The standard InChI is InChI=1S/C31H28N4O4.ClH/c1-6-26(20-9-7-19(18-32)8-10-20)39-34-31-23-17-28(37-5)27(36-4)16-22(23)30-29(31)24-15-21(11-12-25(24)33-30)38-14-13-35(2)3;/h1,7-12,15-17,26,33H,13-14H2,2-5H3;1H/b34-31-;. The van der Waals surface area contributed by atoms with Crippen LogP contribution in [0.1, 0.15) is 28.4 Å². The first-order valence-corrected chi connectivity index (χ1v) is 12.4. The van der Waals surface area contributed by atoms with Crippen molar-refractivity contribution >= 4 is 29.0 Å². The summed E-state index contributed by atoms with van der Waals surface area (Å²) in [7, 11) is 7.22. The van der Waals surface area contributed by atoms with Gasteiger partial charge >= 0.3 is 0 Å². The molecular weight excluding hydrogens is 528 g/mol. The summed E-state index contributed by atoms with van der Waals surface area (Å²) in [5.74, 6) is 4.59. The molecule has 1 aromatic heterocycles. The van der Waals surface area contributed by atoms with Crippen molar-refractivity contribution < 1.29 is 19.0 Å². The van der Waals surface area contributed by atoms with Gasteiger partial charge in [0, 0.05) is 39.7 Å². The Labute approximate surface area is 239 Å². The number of aromatic nitrogens is 1. The van der Waals surface area contributed by atoms with Crippen LogP contribution in [0.3, 0.4) is 0 Å². The second-order valence-electron chi connectivity index (χ2n) is 9.31. The van der Waals surface area contributed by atoms with Gasteiger partial charge in [0.25, 0.3) is 0 Å². The normalized spacial score (nSPS) is 13.1. The number of H-pyrrole nitrogens is 1. The van der Waals surface area contributed by atoms with Crippen molar-refractivity contribution in [1.29, 1.82) is 5.26 Å². The summed E-state index contributed by atoms with van der Waals surface area (Å²) in [6.45, 7) is 1.37. The Morgan fingerprint density at radius 2 is 1.70 bits per heavy atom. The highest BCUT2D eigenvalue weighted by atomic mass is 35.5. The predicted octanol–water partition coefficient (Wildman–Crippen LogP) is 5.54. The minimum Gasteiger partial charge on any atom is -0.493 e. The first-order chi connectivity index (χ1) is 19.0. The van der Waals surface area contributed by atoms with Crippen LogP contribution in [0.4, 0.5) is 0 Å². The molecule has 1 unspecified atom stereocenters. The Bertz CT molecular complexity index is 1650. The number of rotatable bonds is 9. The van der Waals surface area contributed by atoms with Crippen LogP contribution in [-0.4, -0.2) is 57.1 Å². The van der Waals surface area contributed by atoms with Crippen LogP contribution >= 0.6 is 12.4 Å². The van der Waals surface area contributed by atoms with Crippen LogP contribution in [0.15, 0.2) is 59.8 Å². The van der Waals surface area contributed by atoms with Crippen LogP contribution in [0, 0.1) is 23.7 Å². The van der Waals surface area contributed by atoms with Crippen LogP contribution < -0.4 is 14.2 Å². The number of nitriles is 1. The van der Waals surface area contributed by atoms with Crippen LogP contribution in [0.25, 0.3) is 22.2 Å². The molecule has 40 heavy (non-hydrogen) atoms. The largest absolute Gasteiger partial charge is 0.493 e. The van der Waals surface area contributed by atoms with Crippen LogP contribution in [0.2, 0.25) is 0 Å². The molecule has 0 bridgehead atoms. The van der Waals surface area contributed by atoms with Gasteiger partial charge in [-0.25, -0.2) is 0 Å². The van der Waals surface area contributed by atoms with E-state index in [-0.39, 0.29) is 12.4 Å². The molecule has 0 fully saturated rings. The fourth-order valence-corrected chi connectivity index (χ4v) is 4.59. The highest BCUT2D eigenvalue weighted by molar-refractivity contribution is 6.30. The molecule has 0 aliphatic heterocycles. The fraction of sp³-hybridized carbons (Fsp3) is 0.226. The molecule has 0 spiro atoms. The number of nitrogens with one attached hydrogen (secondary N) is 1. The number of benzene rings is 3. The number of oxime groups is 1. The number of aromatic amines is 1. The van der Waals surface area contributed by atoms with E-state index in [1.807, 2.05) is 44.4 Å². The number of nitrogens with zero attached hydrogens (tertiary/aromatic N) is 3. The molecule has 8 nitrogen and oxygen atoms in total. The maximum atomic E-state index is 9.12. The van der Waals surface area contributed by atoms with Gasteiger partial charge in [0.2, 0.25) is 6.10 Å². The molecule has 9 heteroatoms. The first-order valence-electron chi connectivity index (χ1n) is 12.4. The zero-order chi connectivity index (χ0) is 27.5. The lowest BCUT2D eigenvalue weighted by Crippen LogP contribution is -2.19. The minimum atomic E-state index is -0.743. The molecule has 1 aliphatic rings. The second kappa shape index (κ2) is 12.0. The molecular formula is C31H29ClN4O4. The number of fused-ring (bicyclic) bond motifs is 5. The molecule has 4 aromatic rings. The second-order valence-corrected chi connectivity index (χ2v) is 9.31. The van der Waals surface area contributed by atoms with E-state index in [4.69, 9.17) is 30.7 Å². The van der Waals surface area contributed by atoms with Gasteiger partial charge in [-0.15, -0.1) is 18.8 Å². The number of hydrogen-bond acceptors (Lipinski definition) is 7. The van der Waals surface area contributed by atoms with Crippen LogP contribution in [0.5, 0.6) is 17.2 Å². The number of terminal acetylenes is 1. The molecule has 0 amide bonds. The lowest BCUT2D eigenvalue weighted by Gasteiger charge is -2.13. The summed E-state index contributed by atoms with van der Waals surface area (Å²) in [6.07, 6.45) is 5.08. The molecule has 0 saturated heterocycles. The van der Waals surface area contributed by atoms with E-state index in [0.29, 0.717) is 29.4 Å². The highest BCUT2D eigenvalue weighted by Crippen LogP contribution is 2.46. The third-order valence-corrected chi connectivity index (χ3v) is 6.61. The molecule has 5 rings (SSSR count). The summed E-state index contributed by atoms with van der Waals surface area (Å²) < 4.78 is 17.2. The Morgan fingerprint density at radius 3 is 2.33 bits per heavy atom. The van der Waals surface area contributed by atoms with E-state index in [0.717, 1.165) is 51.1 Å². The smallest absolute Gasteiger partial charge is 0.212 e. The zero-order valence-corrected chi connectivity index (χ0v) is 23.5. The molecule has 1 heterocycles.